The molecule has 2 N–H and O–H groups in total. The number of fused-ring (bicyclic) bond motifs is 1. The lowest BCUT2D eigenvalue weighted by Crippen LogP contribution is -2.14. The summed E-state index contributed by atoms with van der Waals surface area (Å²) in [6.45, 7) is 2.61. The first-order valence-corrected chi connectivity index (χ1v) is 12.8. The normalized spacial score (nSPS) is 13.6. The number of aryl methyl sites for hydroxylation is 2. The van der Waals surface area contributed by atoms with Crippen molar-refractivity contribution in [2.75, 3.05) is 18.9 Å². The third kappa shape index (κ3) is 4.83. The summed E-state index contributed by atoms with van der Waals surface area (Å²) in [6, 6.07) is 14.6. The molecular weight excluding hydrogens is 531 g/mol. The molecule has 0 atom stereocenters. The van der Waals surface area contributed by atoms with E-state index in [2.05, 4.69) is 15.0 Å². The highest BCUT2D eigenvalue weighted by Gasteiger charge is 2.29. The summed E-state index contributed by atoms with van der Waals surface area (Å²) in [4.78, 5) is 23.8. The monoisotopic (exact) mass is 556 g/mol. The van der Waals surface area contributed by atoms with Crippen molar-refractivity contribution < 1.29 is 23.5 Å². The van der Waals surface area contributed by atoms with Crippen molar-refractivity contribution >= 4 is 22.5 Å². The maximum atomic E-state index is 16.4. The molecule has 1 saturated heterocycles. The molecule has 0 bridgehead atoms. The first kappa shape index (κ1) is 26.3. The number of ether oxygens (including phenoxy) is 3. The molecule has 1 fully saturated rings. The van der Waals surface area contributed by atoms with Crippen LogP contribution in [0.2, 0.25) is 0 Å². The van der Waals surface area contributed by atoms with Crippen LogP contribution in [0.4, 0.5) is 15.9 Å². The molecule has 12 heteroatoms. The summed E-state index contributed by atoms with van der Waals surface area (Å²) in [5.74, 6) is -0.156. The smallest absolute Gasteiger partial charge is 0.269 e. The predicted octanol–water partition coefficient (Wildman–Crippen LogP) is 5.34. The maximum Gasteiger partial charge on any atom is 0.269 e. The number of anilines is 1. The molecule has 0 amide bonds. The van der Waals surface area contributed by atoms with Crippen LogP contribution in [-0.4, -0.2) is 43.9 Å². The van der Waals surface area contributed by atoms with E-state index in [1.54, 1.807) is 37.4 Å². The maximum absolute atomic E-state index is 16.4. The Bertz CT molecular complexity index is 1780. The van der Waals surface area contributed by atoms with Crippen LogP contribution in [0.5, 0.6) is 11.6 Å². The van der Waals surface area contributed by atoms with Crippen molar-refractivity contribution in [2.24, 2.45) is 7.05 Å². The summed E-state index contributed by atoms with van der Waals surface area (Å²) in [5, 5.41) is 11.8. The van der Waals surface area contributed by atoms with Crippen LogP contribution < -0.4 is 10.5 Å². The van der Waals surface area contributed by atoms with Gasteiger partial charge in [-0.1, -0.05) is 12.1 Å². The number of rotatable bonds is 7. The second-order valence-corrected chi connectivity index (χ2v) is 9.54. The van der Waals surface area contributed by atoms with E-state index in [9.17, 15) is 10.1 Å². The molecule has 0 radical (unpaired) electrons. The number of halogens is 1. The van der Waals surface area contributed by atoms with Crippen molar-refractivity contribution in [3.63, 3.8) is 0 Å². The van der Waals surface area contributed by atoms with Gasteiger partial charge in [0.15, 0.2) is 17.9 Å². The van der Waals surface area contributed by atoms with Gasteiger partial charge in [0.2, 0.25) is 5.88 Å². The van der Waals surface area contributed by atoms with E-state index in [-0.39, 0.29) is 35.1 Å². The molecule has 208 valence electrons. The first-order valence-electron chi connectivity index (χ1n) is 12.8. The average molecular weight is 557 g/mol. The lowest BCUT2D eigenvalue weighted by atomic mass is 9.92. The zero-order valence-corrected chi connectivity index (χ0v) is 22.2. The van der Waals surface area contributed by atoms with Crippen LogP contribution in [-0.2, 0) is 22.9 Å². The van der Waals surface area contributed by atoms with Gasteiger partial charge >= 0.3 is 0 Å². The van der Waals surface area contributed by atoms with Gasteiger partial charge < -0.3 is 24.5 Å². The van der Waals surface area contributed by atoms with E-state index < -0.39 is 17.0 Å². The van der Waals surface area contributed by atoms with Gasteiger partial charge in [-0.25, -0.2) is 19.3 Å². The molecule has 2 aromatic carbocycles. The molecule has 11 nitrogen and oxygen atoms in total. The minimum Gasteiger partial charge on any atom is -0.436 e. The Labute approximate surface area is 233 Å². The second-order valence-electron chi connectivity index (χ2n) is 9.54. The van der Waals surface area contributed by atoms with Gasteiger partial charge in [-0.15, -0.1) is 0 Å². The lowest BCUT2D eigenvalue weighted by molar-refractivity contribution is -0.384. The van der Waals surface area contributed by atoms with E-state index in [1.807, 2.05) is 17.6 Å². The number of aromatic nitrogens is 4. The van der Waals surface area contributed by atoms with Crippen molar-refractivity contribution in [2.45, 2.75) is 19.6 Å². The fourth-order valence-corrected chi connectivity index (χ4v) is 5.11. The Kier molecular flexibility index (Phi) is 6.77. The molecule has 3 aromatic heterocycles. The Morgan fingerprint density at radius 3 is 2.59 bits per heavy atom. The van der Waals surface area contributed by atoms with E-state index in [1.165, 1.54) is 24.5 Å². The zero-order valence-electron chi connectivity index (χ0n) is 22.2. The standard InChI is InChI=1S/C29H25FN6O5/c1-16-4-3-5-22(34-16)41-21-11-10-19(20(26(21)30)14-23-39-12-13-40-23)24-25-28(31)32-15-33-29(25)35(2)27(24)17-6-8-18(9-7-17)36(37)38/h3-11,15,23H,12-14H2,1-2H3,(H2,31,32,33). The van der Waals surface area contributed by atoms with Gasteiger partial charge in [-0.3, -0.25) is 10.1 Å². The van der Waals surface area contributed by atoms with Crippen molar-refractivity contribution in [3.8, 4) is 34.0 Å². The first-order chi connectivity index (χ1) is 19.8. The number of hydrogen-bond donors (Lipinski definition) is 1. The van der Waals surface area contributed by atoms with Crippen LogP contribution in [0, 0.1) is 22.9 Å². The number of nitrogens with zero attached hydrogens (tertiary/aromatic N) is 5. The van der Waals surface area contributed by atoms with Crippen molar-refractivity contribution in [1.82, 2.24) is 19.5 Å². The molecule has 5 aromatic rings. The molecular formula is C29H25FN6O5. The molecule has 0 spiro atoms. The number of benzene rings is 2. The molecule has 1 aliphatic rings. The van der Waals surface area contributed by atoms with Gasteiger partial charge in [-0.05, 0) is 42.3 Å². The van der Waals surface area contributed by atoms with E-state index in [0.29, 0.717) is 46.6 Å². The SMILES string of the molecule is Cc1cccc(Oc2ccc(-c3c(-c4ccc([N+](=O)[O-])cc4)n(C)c4ncnc(N)c34)c(CC3OCCO3)c2F)n1. The Morgan fingerprint density at radius 1 is 1.12 bits per heavy atom. The number of nitrogen functional groups attached to an aromatic ring is 1. The van der Waals surface area contributed by atoms with Gasteiger partial charge in [-0.2, -0.15) is 0 Å². The predicted molar refractivity (Wildman–Crippen MR) is 149 cm³/mol. The molecule has 1 aliphatic heterocycles. The van der Waals surface area contributed by atoms with Gasteiger partial charge in [0.05, 0.1) is 29.2 Å². The van der Waals surface area contributed by atoms with E-state index in [0.717, 1.165) is 5.69 Å². The Morgan fingerprint density at radius 2 is 1.88 bits per heavy atom. The number of nitro benzene ring substituents is 1. The van der Waals surface area contributed by atoms with Crippen LogP contribution in [0.1, 0.15) is 11.3 Å². The fourth-order valence-electron chi connectivity index (χ4n) is 5.11. The number of hydrogen-bond acceptors (Lipinski definition) is 9. The zero-order chi connectivity index (χ0) is 28.7. The second kappa shape index (κ2) is 10.6. The highest BCUT2D eigenvalue weighted by atomic mass is 19.1. The van der Waals surface area contributed by atoms with Crippen LogP contribution in [0.3, 0.4) is 0 Å². The molecule has 0 aliphatic carbocycles. The van der Waals surface area contributed by atoms with E-state index in [4.69, 9.17) is 19.9 Å². The highest BCUT2D eigenvalue weighted by molar-refractivity contribution is 6.08. The molecule has 0 unspecified atom stereocenters. The van der Waals surface area contributed by atoms with Gasteiger partial charge in [0.25, 0.3) is 5.69 Å². The topological polar surface area (TPSA) is 140 Å². The quantitative estimate of drug-likeness (QED) is 0.208. The van der Waals surface area contributed by atoms with Gasteiger partial charge in [0.1, 0.15) is 17.8 Å². The molecule has 4 heterocycles. The summed E-state index contributed by atoms with van der Waals surface area (Å²) >= 11 is 0. The summed E-state index contributed by atoms with van der Waals surface area (Å²) in [6.07, 6.45) is 0.777. The molecule has 6 rings (SSSR count). The van der Waals surface area contributed by atoms with Crippen LogP contribution in [0.15, 0.2) is 60.9 Å². The number of non-ortho nitro benzene ring substituents is 1. The largest absolute Gasteiger partial charge is 0.436 e. The molecule has 0 saturated carbocycles. The number of pyridine rings is 1. The van der Waals surface area contributed by atoms with Gasteiger partial charge in [0, 0.05) is 48.5 Å². The number of nitrogens with two attached hydrogens (primary N) is 1. The summed E-state index contributed by atoms with van der Waals surface area (Å²) in [7, 11) is 1.80. The Hall–Kier alpha value is -4.94. The van der Waals surface area contributed by atoms with Crippen molar-refractivity contribution in [1.29, 1.82) is 0 Å². The lowest BCUT2D eigenvalue weighted by Gasteiger charge is -2.18. The average Bonchev–Trinajstić information content (AvgIpc) is 3.58. The summed E-state index contributed by atoms with van der Waals surface area (Å²) < 4.78 is 35.5. The number of nitro groups is 1. The van der Waals surface area contributed by atoms with Crippen LogP contribution >= 0.6 is 0 Å². The van der Waals surface area contributed by atoms with E-state index >= 15 is 4.39 Å². The van der Waals surface area contributed by atoms with Crippen LogP contribution in [0.25, 0.3) is 33.4 Å². The minimum atomic E-state index is -0.665. The van der Waals surface area contributed by atoms with Crippen molar-refractivity contribution in [3.05, 3.63) is 88.1 Å². The third-order valence-corrected chi connectivity index (χ3v) is 6.96. The molecule has 41 heavy (non-hydrogen) atoms. The highest BCUT2D eigenvalue weighted by Crippen LogP contribution is 2.45. The third-order valence-electron chi connectivity index (χ3n) is 6.96. The minimum absolute atomic E-state index is 0.0128. The fraction of sp³-hybridized carbons (Fsp3) is 0.207. The Balaban J connectivity index is 1.59. The summed E-state index contributed by atoms with van der Waals surface area (Å²) in [5.41, 5.74) is 10.2.